The van der Waals surface area contributed by atoms with E-state index >= 15 is 0 Å². The van der Waals surface area contributed by atoms with Gasteiger partial charge in [0.25, 0.3) is 0 Å². The van der Waals surface area contributed by atoms with Crippen molar-refractivity contribution in [3.05, 3.63) is 53.7 Å². The predicted molar refractivity (Wildman–Crippen MR) is 109 cm³/mol. The molecule has 7 heteroatoms. The maximum atomic E-state index is 6.47. The molecule has 5 rings (SSSR count). The van der Waals surface area contributed by atoms with Gasteiger partial charge >= 0.3 is 0 Å². The largest absolute Gasteiger partial charge is 0.381 e. The van der Waals surface area contributed by atoms with Crippen molar-refractivity contribution in [1.29, 1.82) is 0 Å². The molecule has 0 radical (unpaired) electrons. The molecular formula is C20H17ClN6. The molecule has 1 aliphatic rings. The fraction of sp³-hybridized carbons (Fsp3) is 0.150. The van der Waals surface area contributed by atoms with Crippen LogP contribution in [-0.4, -0.2) is 33.3 Å². The van der Waals surface area contributed by atoms with Crippen LogP contribution in [0.25, 0.3) is 33.4 Å². The average Bonchev–Trinajstić information content (AvgIpc) is 3.11. The van der Waals surface area contributed by atoms with Crippen LogP contribution in [0.5, 0.6) is 0 Å². The molecule has 0 amide bonds. The third kappa shape index (κ3) is 2.69. The Kier molecular flexibility index (Phi) is 3.72. The number of anilines is 2. The number of nitrogens with two attached hydrogens (primary N) is 1. The quantitative estimate of drug-likeness (QED) is 0.561. The van der Waals surface area contributed by atoms with E-state index in [4.69, 9.17) is 27.3 Å². The van der Waals surface area contributed by atoms with Crippen LogP contribution in [0.4, 0.5) is 11.6 Å². The second kappa shape index (κ2) is 6.25. The molecule has 3 N–H and O–H groups in total. The van der Waals surface area contributed by atoms with E-state index in [-0.39, 0.29) is 0 Å². The van der Waals surface area contributed by atoms with Gasteiger partial charge in [-0.15, -0.1) is 0 Å². The highest BCUT2D eigenvalue weighted by molar-refractivity contribution is 6.35. The summed E-state index contributed by atoms with van der Waals surface area (Å²) in [5.41, 5.74) is 10.4. The van der Waals surface area contributed by atoms with Crippen LogP contribution in [0.1, 0.15) is 6.42 Å². The molecule has 0 aliphatic carbocycles. The number of hydrogen-bond donors (Lipinski definition) is 2. The van der Waals surface area contributed by atoms with Crippen molar-refractivity contribution >= 4 is 34.1 Å². The maximum Gasteiger partial charge on any atom is 0.172 e. The fourth-order valence-corrected chi connectivity index (χ4v) is 3.62. The monoisotopic (exact) mass is 376 g/mol. The van der Waals surface area contributed by atoms with Crippen molar-refractivity contribution in [2.75, 3.05) is 23.7 Å². The van der Waals surface area contributed by atoms with Gasteiger partial charge in [0.1, 0.15) is 0 Å². The van der Waals surface area contributed by atoms with E-state index in [0.29, 0.717) is 10.8 Å². The Morgan fingerprint density at radius 3 is 2.52 bits per heavy atom. The molecule has 0 atom stereocenters. The summed E-state index contributed by atoms with van der Waals surface area (Å²) in [6.45, 7) is 1.90. The van der Waals surface area contributed by atoms with Crippen LogP contribution in [0.3, 0.4) is 0 Å². The number of hydrogen-bond acceptors (Lipinski definition) is 5. The van der Waals surface area contributed by atoms with E-state index in [1.807, 2.05) is 42.5 Å². The molecular weight excluding hydrogens is 360 g/mol. The number of nitrogen functional groups attached to an aromatic ring is 1. The molecule has 1 saturated heterocycles. The van der Waals surface area contributed by atoms with Gasteiger partial charge in [0.05, 0.1) is 28.1 Å². The normalized spacial score (nSPS) is 13.7. The van der Waals surface area contributed by atoms with Gasteiger partial charge < -0.3 is 10.6 Å². The second-order valence-electron chi connectivity index (χ2n) is 6.63. The predicted octanol–water partition coefficient (Wildman–Crippen LogP) is 4.13. The first-order valence-electron chi connectivity index (χ1n) is 8.81. The molecule has 6 nitrogen and oxygen atoms in total. The standard InChI is InChI=1S/C20H17ClN6/c21-15-10-13(9-14-11-23-26-16(14)15)18-17(12-5-2-1-3-6-12)24-19(22)20(25-18)27-7-4-8-27/h1-3,5-6,9-11H,4,7-8H2,(H2,22,24)(H,23,26). The Balaban J connectivity index is 1.76. The van der Waals surface area contributed by atoms with E-state index in [0.717, 1.165) is 58.7 Å². The molecule has 3 heterocycles. The van der Waals surface area contributed by atoms with Gasteiger partial charge in [-0.1, -0.05) is 41.9 Å². The molecule has 0 saturated carbocycles. The number of fused-ring (bicyclic) bond motifs is 1. The summed E-state index contributed by atoms with van der Waals surface area (Å²) >= 11 is 6.47. The summed E-state index contributed by atoms with van der Waals surface area (Å²) < 4.78 is 0. The number of H-pyrrole nitrogens is 1. The molecule has 1 fully saturated rings. The first kappa shape index (κ1) is 16.1. The van der Waals surface area contributed by atoms with Gasteiger partial charge in [-0.05, 0) is 18.6 Å². The summed E-state index contributed by atoms with van der Waals surface area (Å²) in [5, 5.41) is 8.54. The highest BCUT2D eigenvalue weighted by atomic mass is 35.5. The molecule has 134 valence electrons. The number of nitrogens with one attached hydrogen (secondary N) is 1. The number of aromatic amines is 1. The van der Waals surface area contributed by atoms with E-state index in [2.05, 4.69) is 15.1 Å². The molecule has 27 heavy (non-hydrogen) atoms. The first-order valence-corrected chi connectivity index (χ1v) is 9.19. The molecule has 1 aliphatic heterocycles. The number of nitrogens with zero attached hydrogens (tertiary/aromatic N) is 4. The van der Waals surface area contributed by atoms with Gasteiger partial charge in [0.15, 0.2) is 11.6 Å². The van der Waals surface area contributed by atoms with Crippen LogP contribution in [0.2, 0.25) is 5.02 Å². The molecule has 0 spiro atoms. The van der Waals surface area contributed by atoms with E-state index in [1.54, 1.807) is 6.20 Å². The lowest BCUT2D eigenvalue weighted by Crippen LogP contribution is -2.38. The van der Waals surface area contributed by atoms with Crippen molar-refractivity contribution in [3.63, 3.8) is 0 Å². The van der Waals surface area contributed by atoms with Crippen molar-refractivity contribution in [3.8, 4) is 22.5 Å². The molecule has 0 bridgehead atoms. The van der Waals surface area contributed by atoms with E-state index < -0.39 is 0 Å². The van der Waals surface area contributed by atoms with Crippen molar-refractivity contribution in [2.45, 2.75) is 6.42 Å². The molecule has 0 unspecified atom stereocenters. The summed E-state index contributed by atoms with van der Waals surface area (Å²) in [7, 11) is 0. The van der Waals surface area contributed by atoms with Gasteiger partial charge in [-0.3, -0.25) is 5.10 Å². The zero-order chi connectivity index (χ0) is 18.4. The maximum absolute atomic E-state index is 6.47. The van der Waals surface area contributed by atoms with Gasteiger partial charge in [0, 0.05) is 29.6 Å². The SMILES string of the molecule is Nc1nc(-c2ccccc2)c(-c2cc(Cl)c3[nH]ncc3c2)nc1N1CCC1. The van der Waals surface area contributed by atoms with E-state index in [1.165, 1.54) is 0 Å². The summed E-state index contributed by atoms with van der Waals surface area (Å²) in [6.07, 6.45) is 2.90. The Bertz CT molecular complexity index is 1130. The third-order valence-electron chi connectivity index (χ3n) is 4.88. The lowest BCUT2D eigenvalue weighted by atomic mass is 10.0. The molecule has 4 aromatic rings. The highest BCUT2D eigenvalue weighted by Crippen LogP contribution is 2.37. The number of benzene rings is 2. The van der Waals surface area contributed by atoms with Crippen LogP contribution in [-0.2, 0) is 0 Å². The zero-order valence-electron chi connectivity index (χ0n) is 14.5. The summed E-state index contributed by atoms with van der Waals surface area (Å²) in [6, 6.07) is 13.9. The van der Waals surface area contributed by atoms with Crippen LogP contribution in [0.15, 0.2) is 48.7 Å². The van der Waals surface area contributed by atoms with Crippen molar-refractivity contribution in [1.82, 2.24) is 20.2 Å². The molecule has 2 aromatic carbocycles. The minimum Gasteiger partial charge on any atom is -0.381 e. The summed E-state index contributed by atoms with van der Waals surface area (Å²) in [5.74, 6) is 1.19. The Morgan fingerprint density at radius 2 is 1.78 bits per heavy atom. The number of aromatic nitrogens is 4. The fourth-order valence-electron chi connectivity index (χ4n) is 3.35. The van der Waals surface area contributed by atoms with Crippen LogP contribution >= 0.6 is 11.6 Å². The first-order chi connectivity index (χ1) is 13.2. The number of rotatable bonds is 3. The van der Waals surface area contributed by atoms with Gasteiger partial charge in [-0.25, -0.2) is 9.97 Å². The van der Waals surface area contributed by atoms with Gasteiger partial charge in [0.2, 0.25) is 0 Å². The molecule has 2 aromatic heterocycles. The van der Waals surface area contributed by atoms with Crippen LogP contribution in [0, 0.1) is 0 Å². The lowest BCUT2D eigenvalue weighted by Gasteiger charge is -2.33. The Labute approximate surface area is 161 Å². The Hall–Kier alpha value is -3.12. The smallest absolute Gasteiger partial charge is 0.172 e. The summed E-state index contributed by atoms with van der Waals surface area (Å²) in [4.78, 5) is 11.8. The minimum atomic E-state index is 0.452. The van der Waals surface area contributed by atoms with Crippen LogP contribution < -0.4 is 10.6 Å². The highest BCUT2D eigenvalue weighted by Gasteiger charge is 2.23. The average molecular weight is 377 g/mol. The third-order valence-corrected chi connectivity index (χ3v) is 5.18. The Morgan fingerprint density at radius 1 is 1.00 bits per heavy atom. The topological polar surface area (TPSA) is 83.7 Å². The minimum absolute atomic E-state index is 0.452. The van der Waals surface area contributed by atoms with Crippen molar-refractivity contribution < 1.29 is 0 Å². The zero-order valence-corrected chi connectivity index (χ0v) is 15.2. The van der Waals surface area contributed by atoms with Gasteiger partial charge in [-0.2, -0.15) is 5.10 Å². The second-order valence-corrected chi connectivity index (χ2v) is 7.04. The lowest BCUT2D eigenvalue weighted by molar-refractivity contribution is 0.610. The number of halogens is 1. The van der Waals surface area contributed by atoms with E-state index in [9.17, 15) is 0 Å². The van der Waals surface area contributed by atoms with Crippen molar-refractivity contribution in [2.24, 2.45) is 0 Å².